The standard InChI is InChI=1S/C25H26ClFN4O4/c1-25(2,3)31(24(33)34)22-7-5-4-6-21(22)29-23(32)9-8-17-15-28-30(16-17)10-11-35-20-13-18(26)12-19(27)14-20/h4-9,12-16H,10-11H2,1-3H3,(H,29,32)(H,33,34)/b9-8+. The van der Waals surface area contributed by atoms with Crippen molar-refractivity contribution in [2.75, 3.05) is 16.8 Å². The Labute approximate surface area is 207 Å². The highest BCUT2D eigenvalue weighted by Crippen LogP contribution is 2.31. The maximum Gasteiger partial charge on any atom is 0.412 e. The molecule has 1 heterocycles. The largest absolute Gasteiger partial charge is 0.492 e. The van der Waals surface area contributed by atoms with Crippen LogP contribution in [0.1, 0.15) is 26.3 Å². The van der Waals surface area contributed by atoms with Crippen LogP contribution in [0.4, 0.5) is 20.6 Å². The van der Waals surface area contributed by atoms with E-state index in [4.69, 9.17) is 16.3 Å². The number of ether oxygens (including phenoxy) is 1. The molecule has 0 bridgehead atoms. The summed E-state index contributed by atoms with van der Waals surface area (Å²) < 4.78 is 20.5. The van der Waals surface area contributed by atoms with Crippen LogP contribution in [0.5, 0.6) is 5.75 Å². The van der Waals surface area contributed by atoms with Crippen LogP contribution >= 0.6 is 11.6 Å². The Morgan fingerprint density at radius 3 is 2.69 bits per heavy atom. The summed E-state index contributed by atoms with van der Waals surface area (Å²) in [7, 11) is 0. The van der Waals surface area contributed by atoms with Gasteiger partial charge in [0, 0.05) is 34.5 Å². The molecule has 0 atom stereocenters. The van der Waals surface area contributed by atoms with Gasteiger partial charge < -0.3 is 15.2 Å². The molecular formula is C25H26ClFN4O4. The third-order valence-electron chi connectivity index (χ3n) is 4.77. The highest BCUT2D eigenvalue weighted by molar-refractivity contribution is 6.30. The fraction of sp³-hybridized carbons (Fsp3) is 0.240. The molecule has 0 aliphatic heterocycles. The minimum absolute atomic E-state index is 0.246. The molecule has 0 saturated heterocycles. The number of carbonyl (C=O) groups excluding carboxylic acids is 1. The second kappa shape index (κ2) is 11.1. The third-order valence-corrected chi connectivity index (χ3v) is 4.99. The predicted octanol–water partition coefficient (Wildman–Crippen LogP) is 5.69. The summed E-state index contributed by atoms with van der Waals surface area (Å²) in [6.45, 7) is 5.97. The van der Waals surface area contributed by atoms with Gasteiger partial charge in [-0.1, -0.05) is 23.7 Å². The summed E-state index contributed by atoms with van der Waals surface area (Å²) in [5, 5.41) is 16.9. The number of hydrogen-bond acceptors (Lipinski definition) is 4. The lowest BCUT2D eigenvalue weighted by molar-refractivity contribution is -0.111. The van der Waals surface area contributed by atoms with Crippen molar-refractivity contribution in [2.45, 2.75) is 32.9 Å². The predicted molar refractivity (Wildman–Crippen MR) is 133 cm³/mol. The normalized spacial score (nSPS) is 11.5. The van der Waals surface area contributed by atoms with Crippen molar-refractivity contribution in [2.24, 2.45) is 0 Å². The number of aromatic nitrogens is 2. The van der Waals surface area contributed by atoms with Gasteiger partial charge in [0.2, 0.25) is 5.91 Å². The maximum atomic E-state index is 13.4. The molecule has 0 spiro atoms. The molecule has 184 valence electrons. The minimum Gasteiger partial charge on any atom is -0.492 e. The van der Waals surface area contributed by atoms with E-state index in [-0.39, 0.29) is 11.6 Å². The first-order valence-electron chi connectivity index (χ1n) is 10.8. The van der Waals surface area contributed by atoms with Gasteiger partial charge in [0.25, 0.3) is 0 Å². The van der Waals surface area contributed by atoms with Gasteiger partial charge >= 0.3 is 6.09 Å². The van der Waals surface area contributed by atoms with E-state index in [0.29, 0.717) is 29.2 Å². The zero-order valence-corrected chi connectivity index (χ0v) is 20.3. The first kappa shape index (κ1) is 25.8. The third kappa shape index (κ3) is 7.31. The molecule has 0 fully saturated rings. The quantitative estimate of drug-likeness (QED) is 0.387. The van der Waals surface area contributed by atoms with Crippen molar-refractivity contribution in [3.05, 3.63) is 77.3 Å². The number of benzene rings is 2. The Balaban J connectivity index is 1.60. The van der Waals surface area contributed by atoms with Crippen LogP contribution in [-0.2, 0) is 11.3 Å². The number of amides is 2. The van der Waals surface area contributed by atoms with E-state index >= 15 is 0 Å². The molecule has 0 radical (unpaired) electrons. The average molecular weight is 501 g/mol. The summed E-state index contributed by atoms with van der Waals surface area (Å²) >= 11 is 5.81. The topological polar surface area (TPSA) is 96.7 Å². The molecule has 0 aliphatic rings. The van der Waals surface area contributed by atoms with Crippen LogP contribution in [0.3, 0.4) is 0 Å². The van der Waals surface area contributed by atoms with Gasteiger partial charge in [-0.05, 0) is 51.1 Å². The van der Waals surface area contributed by atoms with Crippen molar-refractivity contribution in [3.8, 4) is 5.75 Å². The van der Waals surface area contributed by atoms with Gasteiger partial charge in [-0.2, -0.15) is 5.10 Å². The number of para-hydroxylation sites is 2. The van der Waals surface area contributed by atoms with E-state index in [1.807, 2.05) is 0 Å². The summed E-state index contributed by atoms with van der Waals surface area (Å²) in [4.78, 5) is 25.6. The van der Waals surface area contributed by atoms with Crippen LogP contribution in [-0.4, -0.2) is 39.0 Å². The van der Waals surface area contributed by atoms with E-state index < -0.39 is 23.4 Å². The molecule has 3 aromatic rings. The maximum absolute atomic E-state index is 13.4. The molecule has 0 saturated carbocycles. The fourth-order valence-electron chi connectivity index (χ4n) is 3.33. The molecule has 2 N–H and O–H groups in total. The number of hydrogen-bond donors (Lipinski definition) is 2. The second-order valence-corrected chi connectivity index (χ2v) is 9.06. The highest BCUT2D eigenvalue weighted by atomic mass is 35.5. The monoisotopic (exact) mass is 500 g/mol. The SMILES string of the molecule is CC(C)(C)N(C(=O)O)c1ccccc1NC(=O)/C=C/c1cnn(CCOc2cc(F)cc(Cl)c2)c1. The van der Waals surface area contributed by atoms with Gasteiger partial charge in [0.15, 0.2) is 0 Å². The van der Waals surface area contributed by atoms with Crippen molar-refractivity contribution >= 4 is 41.1 Å². The fourth-order valence-corrected chi connectivity index (χ4v) is 3.54. The van der Waals surface area contributed by atoms with Crippen LogP contribution in [0, 0.1) is 5.82 Å². The lowest BCUT2D eigenvalue weighted by atomic mass is 10.0. The van der Waals surface area contributed by atoms with Gasteiger partial charge in [0.1, 0.15) is 18.2 Å². The van der Waals surface area contributed by atoms with Crippen molar-refractivity contribution in [3.63, 3.8) is 0 Å². The summed E-state index contributed by atoms with van der Waals surface area (Å²) in [6.07, 6.45) is 5.12. The van der Waals surface area contributed by atoms with Crippen molar-refractivity contribution < 1.29 is 23.8 Å². The lowest BCUT2D eigenvalue weighted by Gasteiger charge is -2.34. The number of carbonyl (C=O) groups is 2. The average Bonchev–Trinajstić information content (AvgIpc) is 3.19. The smallest absolute Gasteiger partial charge is 0.412 e. The van der Waals surface area contributed by atoms with Crippen molar-refractivity contribution in [1.82, 2.24) is 9.78 Å². The summed E-state index contributed by atoms with van der Waals surface area (Å²) in [5.41, 5.74) is 0.734. The number of nitrogens with zero attached hydrogens (tertiary/aromatic N) is 3. The lowest BCUT2D eigenvalue weighted by Crippen LogP contribution is -2.45. The minimum atomic E-state index is -1.12. The zero-order chi connectivity index (χ0) is 25.6. The van der Waals surface area contributed by atoms with E-state index in [1.54, 1.807) is 68.2 Å². The molecule has 2 aromatic carbocycles. The van der Waals surface area contributed by atoms with E-state index in [0.717, 1.165) is 0 Å². The van der Waals surface area contributed by atoms with Crippen LogP contribution in [0.25, 0.3) is 6.08 Å². The van der Waals surface area contributed by atoms with Gasteiger partial charge in [0.05, 0.1) is 24.1 Å². The van der Waals surface area contributed by atoms with Crippen molar-refractivity contribution in [1.29, 1.82) is 0 Å². The molecule has 1 aromatic heterocycles. The van der Waals surface area contributed by atoms with Gasteiger partial charge in [-0.15, -0.1) is 0 Å². The van der Waals surface area contributed by atoms with Crippen LogP contribution in [0.2, 0.25) is 5.02 Å². The Morgan fingerprint density at radius 1 is 1.26 bits per heavy atom. The van der Waals surface area contributed by atoms with Gasteiger partial charge in [-0.25, -0.2) is 9.18 Å². The number of halogens is 2. The summed E-state index contributed by atoms with van der Waals surface area (Å²) in [6, 6.07) is 10.7. The number of carboxylic acid groups (broad SMARTS) is 1. The zero-order valence-electron chi connectivity index (χ0n) is 19.5. The molecule has 2 amide bonds. The Kier molecular flexibility index (Phi) is 8.14. The molecule has 0 unspecified atom stereocenters. The molecule has 8 nitrogen and oxygen atoms in total. The molecule has 0 aliphatic carbocycles. The number of nitrogens with one attached hydrogen (secondary N) is 1. The van der Waals surface area contributed by atoms with E-state index in [9.17, 15) is 19.1 Å². The van der Waals surface area contributed by atoms with Crippen LogP contribution in [0.15, 0.2) is 60.9 Å². The molecule has 35 heavy (non-hydrogen) atoms. The first-order valence-corrected chi connectivity index (χ1v) is 11.1. The Bertz CT molecular complexity index is 1220. The molecular weight excluding hydrogens is 475 g/mol. The van der Waals surface area contributed by atoms with Crippen LogP contribution < -0.4 is 15.0 Å². The first-order chi connectivity index (χ1) is 16.5. The Morgan fingerprint density at radius 2 is 2.00 bits per heavy atom. The number of rotatable bonds is 8. The molecule has 10 heteroatoms. The Hall–Kier alpha value is -3.85. The number of anilines is 2. The van der Waals surface area contributed by atoms with Gasteiger partial charge in [-0.3, -0.25) is 14.4 Å². The second-order valence-electron chi connectivity index (χ2n) is 8.62. The summed E-state index contributed by atoms with van der Waals surface area (Å²) in [5.74, 6) is -0.572. The highest BCUT2D eigenvalue weighted by Gasteiger charge is 2.29. The van der Waals surface area contributed by atoms with E-state index in [1.165, 1.54) is 29.2 Å². The van der Waals surface area contributed by atoms with E-state index in [2.05, 4.69) is 10.4 Å². The molecule has 3 rings (SSSR count).